The maximum Gasteiger partial charge on any atom is 0.217 e. The number of para-hydroxylation sites is 1. The molecule has 8 heteroatoms. The van der Waals surface area contributed by atoms with Gasteiger partial charge in [0.2, 0.25) is 5.91 Å². The molecule has 2 heterocycles. The Morgan fingerprint density at radius 1 is 1.30 bits per heavy atom. The highest BCUT2D eigenvalue weighted by molar-refractivity contribution is 6.32. The van der Waals surface area contributed by atoms with Crippen molar-refractivity contribution in [1.29, 1.82) is 0 Å². The standard InChI is InChI=1S/C25H26Cl2N4O2/c1-6-28-23(15(3)26)19-12-14(2)30-25-18(19)8-7-9-22(25)33-13-20-21(27)10-11-29-24(20)16(4)31-17(5)32/h6-12,16H,13H2,1-5H3,(H,31,32)/b23-15+,28-6-. The highest BCUT2D eigenvalue weighted by Crippen LogP contribution is 2.34. The van der Waals surface area contributed by atoms with Crippen LogP contribution in [-0.4, -0.2) is 22.1 Å². The Kier molecular flexibility index (Phi) is 8.06. The summed E-state index contributed by atoms with van der Waals surface area (Å²) in [6.45, 7) is 9.07. The molecular formula is C25H26Cl2N4O2. The average molecular weight is 485 g/mol. The number of aliphatic imine (C=N–C) groups is 1. The maximum absolute atomic E-state index is 11.5. The summed E-state index contributed by atoms with van der Waals surface area (Å²) in [5, 5.41) is 4.83. The van der Waals surface area contributed by atoms with Crippen LogP contribution in [0.1, 0.15) is 56.3 Å². The van der Waals surface area contributed by atoms with Gasteiger partial charge in [-0.1, -0.05) is 35.3 Å². The third kappa shape index (κ3) is 5.70. The third-order valence-electron chi connectivity index (χ3n) is 5.00. The summed E-state index contributed by atoms with van der Waals surface area (Å²) >= 11 is 12.8. The predicted molar refractivity (Wildman–Crippen MR) is 135 cm³/mol. The Hall–Kier alpha value is -2.96. The fourth-order valence-electron chi connectivity index (χ4n) is 3.66. The number of benzene rings is 1. The van der Waals surface area contributed by atoms with Crippen LogP contribution in [-0.2, 0) is 11.4 Å². The molecule has 3 aromatic rings. The van der Waals surface area contributed by atoms with Crippen LogP contribution in [0.3, 0.4) is 0 Å². The molecule has 172 valence electrons. The van der Waals surface area contributed by atoms with Gasteiger partial charge in [-0.2, -0.15) is 0 Å². The minimum Gasteiger partial charge on any atom is -0.486 e. The summed E-state index contributed by atoms with van der Waals surface area (Å²) in [6.07, 6.45) is 3.33. The van der Waals surface area contributed by atoms with Gasteiger partial charge in [0.25, 0.3) is 0 Å². The van der Waals surface area contributed by atoms with Crippen LogP contribution in [0.15, 0.2) is 46.6 Å². The zero-order valence-corrected chi connectivity index (χ0v) is 20.8. The van der Waals surface area contributed by atoms with Gasteiger partial charge in [-0.3, -0.25) is 14.8 Å². The van der Waals surface area contributed by atoms with E-state index in [0.29, 0.717) is 38.3 Å². The number of aromatic nitrogens is 2. The molecule has 1 aromatic carbocycles. The van der Waals surface area contributed by atoms with E-state index in [1.165, 1.54) is 6.92 Å². The highest BCUT2D eigenvalue weighted by Gasteiger charge is 2.18. The molecule has 3 rings (SSSR count). The van der Waals surface area contributed by atoms with Crippen molar-refractivity contribution < 1.29 is 9.53 Å². The second-order valence-electron chi connectivity index (χ2n) is 7.60. The van der Waals surface area contributed by atoms with Gasteiger partial charge in [-0.05, 0) is 45.9 Å². The van der Waals surface area contributed by atoms with Crippen LogP contribution in [0.25, 0.3) is 16.6 Å². The number of hydrogen-bond acceptors (Lipinski definition) is 5. The van der Waals surface area contributed by atoms with Gasteiger partial charge in [0.15, 0.2) is 0 Å². The molecule has 1 amide bonds. The van der Waals surface area contributed by atoms with E-state index in [1.54, 1.807) is 18.5 Å². The summed E-state index contributed by atoms with van der Waals surface area (Å²) in [4.78, 5) is 25.1. The van der Waals surface area contributed by atoms with Crippen molar-refractivity contribution in [2.45, 2.75) is 47.3 Å². The number of carbonyl (C=O) groups is 1. The second-order valence-corrected chi connectivity index (χ2v) is 8.57. The van der Waals surface area contributed by atoms with E-state index in [4.69, 9.17) is 32.9 Å². The molecule has 1 N–H and O–H groups in total. The maximum atomic E-state index is 11.5. The Bertz CT molecular complexity index is 1250. The van der Waals surface area contributed by atoms with Crippen LogP contribution in [0, 0.1) is 6.92 Å². The number of ether oxygens (including phenoxy) is 1. The van der Waals surface area contributed by atoms with E-state index >= 15 is 0 Å². The minimum atomic E-state index is -0.314. The van der Waals surface area contributed by atoms with Gasteiger partial charge < -0.3 is 10.1 Å². The summed E-state index contributed by atoms with van der Waals surface area (Å²) in [5.74, 6) is 0.452. The molecular weight excluding hydrogens is 459 g/mol. The van der Waals surface area contributed by atoms with Gasteiger partial charge in [0, 0.05) is 46.6 Å². The fourth-order valence-corrected chi connectivity index (χ4v) is 4.02. The topological polar surface area (TPSA) is 76.5 Å². The van der Waals surface area contributed by atoms with Gasteiger partial charge in [-0.25, -0.2) is 4.98 Å². The Balaban J connectivity index is 2.05. The number of nitrogens with one attached hydrogen (secondary N) is 1. The van der Waals surface area contributed by atoms with Crippen LogP contribution in [0.4, 0.5) is 0 Å². The van der Waals surface area contributed by atoms with Gasteiger partial charge in [-0.15, -0.1) is 0 Å². The van der Waals surface area contributed by atoms with E-state index in [2.05, 4.69) is 15.3 Å². The van der Waals surface area contributed by atoms with E-state index in [-0.39, 0.29) is 18.6 Å². The zero-order valence-electron chi connectivity index (χ0n) is 19.2. The largest absolute Gasteiger partial charge is 0.486 e. The first-order chi connectivity index (χ1) is 15.7. The molecule has 0 aliphatic rings. The van der Waals surface area contributed by atoms with Gasteiger partial charge in [0.1, 0.15) is 17.9 Å². The van der Waals surface area contributed by atoms with Gasteiger partial charge >= 0.3 is 0 Å². The van der Waals surface area contributed by atoms with E-state index in [0.717, 1.165) is 16.6 Å². The summed E-state index contributed by atoms with van der Waals surface area (Å²) in [6, 6.07) is 9.09. The SMILES string of the molecule is C/C=N\C(=C(/C)Cl)c1cc(C)nc2c(OCc3c(Cl)ccnc3C(C)NC(C)=O)cccc12. The van der Waals surface area contributed by atoms with Crippen molar-refractivity contribution in [3.8, 4) is 5.75 Å². The average Bonchev–Trinajstić information content (AvgIpc) is 2.75. The van der Waals surface area contributed by atoms with Crippen molar-refractivity contribution in [1.82, 2.24) is 15.3 Å². The molecule has 0 bridgehead atoms. The van der Waals surface area contributed by atoms with Crippen LogP contribution >= 0.6 is 23.2 Å². The lowest BCUT2D eigenvalue weighted by molar-refractivity contribution is -0.119. The van der Waals surface area contributed by atoms with Crippen molar-refractivity contribution in [2.24, 2.45) is 4.99 Å². The first kappa shape index (κ1) is 24.7. The molecule has 33 heavy (non-hydrogen) atoms. The number of fused-ring (bicyclic) bond motifs is 1. The Morgan fingerprint density at radius 3 is 2.73 bits per heavy atom. The number of nitrogens with zero attached hydrogens (tertiary/aromatic N) is 3. The molecule has 0 aliphatic carbocycles. The smallest absolute Gasteiger partial charge is 0.217 e. The number of halogens is 2. The van der Waals surface area contributed by atoms with Crippen molar-refractivity contribution in [3.63, 3.8) is 0 Å². The molecule has 0 radical (unpaired) electrons. The molecule has 0 fully saturated rings. The lowest BCUT2D eigenvalue weighted by atomic mass is 10.0. The predicted octanol–water partition coefficient (Wildman–Crippen LogP) is 6.39. The first-order valence-corrected chi connectivity index (χ1v) is 11.3. The number of pyridine rings is 2. The van der Waals surface area contributed by atoms with Gasteiger partial charge in [0.05, 0.1) is 22.5 Å². The molecule has 2 aromatic heterocycles. The minimum absolute atomic E-state index is 0.148. The summed E-state index contributed by atoms with van der Waals surface area (Å²) < 4.78 is 6.21. The number of allylic oxidation sites excluding steroid dienone is 1. The normalized spacial score (nSPS) is 13.2. The number of rotatable bonds is 7. The number of amides is 1. The lowest BCUT2D eigenvalue weighted by Gasteiger charge is -2.18. The number of aryl methyl sites for hydroxylation is 1. The Morgan fingerprint density at radius 2 is 2.06 bits per heavy atom. The van der Waals surface area contributed by atoms with Crippen molar-refractivity contribution in [3.05, 3.63) is 69.1 Å². The molecule has 0 aliphatic heterocycles. The molecule has 6 nitrogen and oxygen atoms in total. The third-order valence-corrected chi connectivity index (χ3v) is 5.54. The second kappa shape index (κ2) is 10.8. The first-order valence-electron chi connectivity index (χ1n) is 10.5. The monoisotopic (exact) mass is 484 g/mol. The van der Waals surface area contributed by atoms with E-state index < -0.39 is 0 Å². The fraction of sp³-hybridized carbons (Fsp3) is 0.280. The van der Waals surface area contributed by atoms with E-state index in [1.807, 2.05) is 52.0 Å². The zero-order chi connectivity index (χ0) is 24.1. The van der Waals surface area contributed by atoms with Crippen LogP contribution in [0.2, 0.25) is 5.02 Å². The molecule has 0 saturated heterocycles. The van der Waals surface area contributed by atoms with Crippen LogP contribution in [0.5, 0.6) is 5.75 Å². The molecule has 0 spiro atoms. The summed E-state index contributed by atoms with van der Waals surface area (Å²) in [7, 11) is 0. The van der Waals surface area contributed by atoms with Crippen molar-refractivity contribution in [2.75, 3.05) is 0 Å². The molecule has 0 saturated carbocycles. The highest BCUT2D eigenvalue weighted by atomic mass is 35.5. The number of hydrogen-bond donors (Lipinski definition) is 1. The Labute approximate surface area is 203 Å². The lowest BCUT2D eigenvalue weighted by Crippen LogP contribution is -2.25. The number of carbonyl (C=O) groups excluding carboxylic acids is 1. The summed E-state index contributed by atoms with van der Waals surface area (Å²) in [5.41, 5.74) is 4.45. The van der Waals surface area contributed by atoms with Crippen LogP contribution < -0.4 is 10.1 Å². The van der Waals surface area contributed by atoms with E-state index in [9.17, 15) is 4.79 Å². The molecule has 1 atom stereocenters. The molecule has 1 unspecified atom stereocenters. The quantitative estimate of drug-likeness (QED) is 0.394. The van der Waals surface area contributed by atoms with Crippen molar-refractivity contribution >= 4 is 51.9 Å².